The molecule has 2 aliphatic rings. The minimum atomic E-state index is -0.299. The summed E-state index contributed by atoms with van der Waals surface area (Å²) >= 11 is 0. The number of nitrogens with two attached hydrogens (primary N) is 1. The lowest BCUT2D eigenvalue weighted by Gasteiger charge is -2.33. The fraction of sp³-hybridized carbons (Fsp3) is 0.929. The molecule has 0 aliphatic carbocycles. The molecule has 4 nitrogen and oxygen atoms in total. The third kappa shape index (κ3) is 5.06. The molecule has 0 bridgehead atoms. The number of nitrogens with zero attached hydrogens (tertiary/aromatic N) is 2. The van der Waals surface area contributed by atoms with Crippen molar-refractivity contribution in [2.75, 3.05) is 26.2 Å². The van der Waals surface area contributed by atoms with Crippen molar-refractivity contribution in [1.29, 1.82) is 0 Å². The second-order valence-electron chi connectivity index (χ2n) is 5.70. The standard InChI is InChI=1S/C14H27N3O.2ClH/c1-2-13(15)14(18)17-10-6-7-12(17)11-16-8-4-3-5-9-16;;/h12-13H,2-11,15H2,1H3;2*1H/t12?,13-;;/m0../s1. The molecule has 2 rings (SSSR count). The third-order valence-corrected chi connectivity index (χ3v) is 4.33. The van der Waals surface area contributed by atoms with Crippen molar-refractivity contribution in [3.8, 4) is 0 Å². The van der Waals surface area contributed by atoms with Crippen LogP contribution in [0.4, 0.5) is 0 Å². The Morgan fingerprint density at radius 3 is 2.40 bits per heavy atom. The van der Waals surface area contributed by atoms with Gasteiger partial charge in [0, 0.05) is 19.1 Å². The SMILES string of the molecule is CC[C@H](N)C(=O)N1CCCC1CN1CCCCC1.Cl.Cl. The zero-order valence-corrected chi connectivity index (χ0v) is 14.1. The number of halogens is 2. The average Bonchev–Trinajstić information content (AvgIpc) is 2.86. The quantitative estimate of drug-likeness (QED) is 0.860. The first-order valence-electron chi connectivity index (χ1n) is 7.50. The van der Waals surface area contributed by atoms with Crippen LogP contribution in [0.5, 0.6) is 0 Å². The minimum Gasteiger partial charge on any atom is -0.337 e. The van der Waals surface area contributed by atoms with E-state index in [0.29, 0.717) is 6.04 Å². The smallest absolute Gasteiger partial charge is 0.239 e. The van der Waals surface area contributed by atoms with Crippen LogP contribution >= 0.6 is 24.8 Å². The Balaban J connectivity index is 0.00000180. The van der Waals surface area contributed by atoms with Gasteiger partial charge in [-0.1, -0.05) is 13.3 Å². The van der Waals surface area contributed by atoms with Crippen molar-refractivity contribution in [3.63, 3.8) is 0 Å². The van der Waals surface area contributed by atoms with E-state index in [1.165, 1.54) is 32.4 Å². The van der Waals surface area contributed by atoms with Crippen molar-refractivity contribution in [2.24, 2.45) is 5.73 Å². The molecule has 0 saturated carbocycles. The van der Waals surface area contributed by atoms with E-state index < -0.39 is 0 Å². The second kappa shape index (κ2) is 9.82. The van der Waals surface area contributed by atoms with Gasteiger partial charge in [-0.05, 0) is 45.2 Å². The largest absolute Gasteiger partial charge is 0.337 e. The molecule has 2 aliphatic heterocycles. The van der Waals surface area contributed by atoms with Crippen LogP contribution in [0.2, 0.25) is 0 Å². The van der Waals surface area contributed by atoms with Gasteiger partial charge in [0.05, 0.1) is 6.04 Å². The number of rotatable bonds is 4. The number of likely N-dealkylation sites (tertiary alicyclic amines) is 2. The van der Waals surface area contributed by atoms with Crippen LogP contribution in [0.15, 0.2) is 0 Å². The Morgan fingerprint density at radius 2 is 1.80 bits per heavy atom. The van der Waals surface area contributed by atoms with Gasteiger partial charge in [-0.2, -0.15) is 0 Å². The Labute approximate surface area is 135 Å². The molecule has 2 fully saturated rings. The van der Waals surface area contributed by atoms with Crippen molar-refractivity contribution < 1.29 is 4.79 Å². The van der Waals surface area contributed by atoms with Gasteiger partial charge in [0.25, 0.3) is 0 Å². The van der Waals surface area contributed by atoms with Crippen LogP contribution in [0.25, 0.3) is 0 Å². The normalized spacial score (nSPS) is 24.7. The van der Waals surface area contributed by atoms with Gasteiger partial charge in [0.1, 0.15) is 0 Å². The number of carbonyl (C=O) groups is 1. The van der Waals surface area contributed by atoms with Gasteiger partial charge in [-0.15, -0.1) is 24.8 Å². The number of hydrogen-bond donors (Lipinski definition) is 1. The summed E-state index contributed by atoms with van der Waals surface area (Å²) in [5, 5.41) is 0. The summed E-state index contributed by atoms with van der Waals surface area (Å²) in [4.78, 5) is 16.8. The zero-order chi connectivity index (χ0) is 13.0. The molecule has 0 spiro atoms. The molecule has 2 atom stereocenters. The highest BCUT2D eigenvalue weighted by Gasteiger charge is 2.32. The monoisotopic (exact) mass is 325 g/mol. The van der Waals surface area contributed by atoms with E-state index in [2.05, 4.69) is 4.90 Å². The first-order chi connectivity index (χ1) is 8.72. The van der Waals surface area contributed by atoms with E-state index in [0.717, 1.165) is 32.4 Å². The Bertz CT molecular complexity index is 286. The van der Waals surface area contributed by atoms with Gasteiger partial charge >= 0.3 is 0 Å². The van der Waals surface area contributed by atoms with E-state index in [-0.39, 0.29) is 36.8 Å². The predicted molar refractivity (Wildman–Crippen MR) is 87.8 cm³/mol. The van der Waals surface area contributed by atoms with Crippen LogP contribution < -0.4 is 5.73 Å². The summed E-state index contributed by atoms with van der Waals surface area (Å²) in [5.41, 5.74) is 5.89. The molecular formula is C14H29Cl2N3O. The number of hydrogen-bond acceptors (Lipinski definition) is 3. The molecule has 2 saturated heterocycles. The molecular weight excluding hydrogens is 297 g/mol. The van der Waals surface area contributed by atoms with Crippen molar-refractivity contribution >= 4 is 30.7 Å². The summed E-state index contributed by atoms with van der Waals surface area (Å²) in [6.07, 6.45) is 7.03. The van der Waals surface area contributed by atoms with Crippen LogP contribution in [-0.2, 0) is 4.79 Å². The molecule has 2 N–H and O–H groups in total. The molecule has 0 aromatic carbocycles. The Kier molecular flexibility index (Phi) is 9.81. The fourth-order valence-corrected chi connectivity index (χ4v) is 3.14. The maximum atomic E-state index is 12.2. The molecule has 120 valence electrons. The molecule has 0 aromatic rings. The van der Waals surface area contributed by atoms with Crippen molar-refractivity contribution in [3.05, 3.63) is 0 Å². The number of carbonyl (C=O) groups excluding carboxylic acids is 1. The molecule has 0 radical (unpaired) electrons. The zero-order valence-electron chi connectivity index (χ0n) is 12.4. The van der Waals surface area contributed by atoms with Crippen LogP contribution in [0.3, 0.4) is 0 Å². The number of piperidine rings is 1. The number of amides is 1. The summed E-state index contributed by atoms with van der Waals surface area (Å²) < 4.78 is 0. The lowest BCUT2D eigenvalue weighted by Crippen LogP contribution is -2.49. The molecule has 2 heterocycles. The highest BCUT2D eigenvalue weighted by molar-refractivity contribution is 5.85. The summed E-state index contributed by atoms with van der Waals surface area (Å²) in [7, 11) is 0. The molecule has 1 amide bonds. The van der Waals surface area contributed by atoms with E-state index >= 15 is 0 Å². The second-order valence-corrected chi connectivity index (χ2v) is 5.70. The maximum Gasteiger partial charge on any atom is 0.239 e. The van der Waals surface area contributed by atoms with Crippen LogP contribution in [0.1, 0.15) is 45.4 Å². The highest BCUT2D eigenvalue weighted by atomic mass is 35.5. The average molecular weight is 326 g/mol. The summed E-state index contributed by atoms with van der Waals surface area (Å²) in [6, 6.07) is 0.111. The predicted octanol–water partition coefficient (Wildman–Crippen LogP) is 2.04. The third-order valence-electron chi connectivity index (χ3n) is 4.33. The van der Waals surface area contributed by atoms with Gasteiger partial charge < -0.3 is 15.5 Å². The maximum absolute atomic E-state index is 12.2. The fourth-order valence-electron chi connectivity index (χ4n) is 3.14. The molecule has 1 unspecified atom stereocenters. The van der Waals surface area contributed by atoms with E-state index in [4.69, 9.17) is 5.73 Å². The molecule has 6 heteroatoms. The Hall–Kier alpha value is -0.0300. The van der Waals surface area contributed by atoms with Gasteiger partial charge in [-0.3, -0.25) is 4.79 Å². The van der Waals surface area contributed by atoms with Gasteiger partial charge in [0.2, 0.25) is 5.91 Å². The Morgan fingerprint density at radius 1 is 1.15 bits per heavy atom. The van der Waals surface area contributed by atoms with Crippen molar-refractivity contribution in [2.45, 2.75) is 57.5 Å². The summed E-state index contributed by atoms with van der Waals surface area (Å²) in [6.45, 7) is 6.36. The first kappa shape index (κ1) is 20.0. The van der Waals surface area contributed by atoms with E-state index in [1.54, 1.807) is 0 Å². The first-order valence-corrected chi connectivity index (χ1v) is 7.50. The molecule has 20 heavy (non-hydrogen) atoms. The minimum absolute atomic E-state index is 0. The van der Waals surface area contributed by atoms with E-state index in [9.17, 15) is 4.79 Å². The lowest BCUT2D eigenvalue weighted by molar-refractivity contribution is -0.133. The lowest BCUT2D eigenvalue weighted by atomic mass is 10.1. The topological polar surface area (TPSA) is 49.6 Å². The van der Waals surface area contributed by atoms with Crippen LogP contribution in [-0.4, -0.2) is 54.0 Å². The van der Waals surface area contributed by atoms with Crippen molar-refractivity contribution in [1.82, 2.24) is 9.80 Å². The van der Waals surface area contributed by atoms with Gasteiger partial charge in [-0.25, -0.2) is 0 Å². The van der Waals surface area contributed by atoms with E-state index in [1.807, 2.05) is 11.8 Å². The van der Waals surface area contributed by atoms with Crippen LogP contribution in [0, 0.1) is 0 Å². The highest BCUT2D eigenvalue weighted by Crippen LogP contribution is 2.21. The molecule has 0 aromatic heterocycles. The summed E-state index contributed by atoms with van der Waals surface area (Å²) in [5.74, 6) is 0.164. The van der Waals surface area contributed by atoms with Gasteiger partial charge in [0.15, 0.2) is 0 Å².